The highest BCUT2D eigenvalue weighted by molar-refractivity contribution is 5.85. The molecule has 0 spiro atoms. The summed E-state index contributed by atoms with van der Waals surface area (Å²) in [6.45, 7) is 0. The van der Waals surface area contributed by atoms with E-state index in [1.807, 2.05) is 0 Å². The number of hydrogen-bond donors (Lipinski definition) is 2. The van der Waals surface area contributed by atoms with E-state index in [1.165, 1.54) is 30.5 Å². The molecule has 0 amide bonds. The van der Waals surface area contributed by atoms with Gasteiger partial charge < -0.3 is 10.4 Å². The number of aromatic carboxylic acids is 1. The second-order valence-corrected chi connectivity index (χ2v) is 3.46. The summed E-state index contributed by atoms with van der Waals surface area (Å²) >= 11 is 0. The van der Waals surface area contributed by atoms with Crippen molar-refractivity contribution in [2.45, 2.75) is 0 Å². The van der Waals surface area contributed by atoms with E-state index in [-0.39, 0.29) is 11.4 Å². The van der Waals surface area contributed by atoms with Crippen LogP contribution in [0.1, 0.15) is 10.5 Å². The quantitative estimate of drug-likeness (QED) is 0.879. The predicted octanol–water partition coefficient (Wildman–Crippen LogP) is 2.80. The summed E-state index contributed by atoms with van der Waals surface area (Å²) in [7, 11) is 0. The third-order valence-electron chi connectivity index (χ3n) is 2.21. The van der Waals surface area contributed by atoms with Gasteiger partial charge in [0.25, 0.3) is 0 Å². The number of benzene rings is 1. The van der Waals surface area contributed by atoms with Gasteiger partial charge in [-0.15, -0.1) is 0 Å². The molecule has 2 N–H and O–H groups in total. The molecule has 0 fully saturated rings. The number of carbonyl (C=O) groups is 1. The Labute approximate surface area is 101 Å². The number of halogens is 2. The summed E-state index contributed by atoms with van der Waals surface area (Å²) in [6, 6.07) is 6.41. The average molecular weight is 250 g/mol. The molecule has 4 nitrogen and oxygen atoms in total. The summed E-state index contributed by atoms with van der Waals surface area (Å²) in [5.74, 6) is -3.12. The monoisotopic (exact) mass is 250 g/mol. The fourth-order valence-electron chi connectivity index (χ4n) is 1.35. The van der Waals surface area contributed by atoms with Gasteiger partial charge in [-0.3, -0.25) is 0 Å². The van der Waals surface area contributed by atoms with Gasteiger partial charge in [0.15, 0.2) is 11.6 Å². The van der Waals surface area contributed by atoms with Gasteiger partial charge in [0.05, 0.1) is 17.6 Å². The highest BCUT2D eigenvalue weighted by Gasteiger charge is 2.08. The van der Waals surface area contributed by atoms with Crippen LogP contribution >= 0.6 is 0 Å². The maximum atomic E-state index is 13.3. The zero-order valence-electron chi connectivity index (χ0n) is 9.02. The Kier molecular flexibility index (Phi) is 3.18. The molecule has 0 saturated carbocycles. The van der Waals surface area contributed by atoms with E-state index in [4.69, 9.17) is 5.11 Å². The molecule has 1 heterocycles. The lowest BCUT2D eigenvalue weighted by Gasteiger charge is -2.07. The third-order valence-corrected chi connectivity index (χ3v) is 2.21. The van der Waals surface area contributed by atoms with Gasteiger partial charge in [0, 0.05) is 0 Å². The van der Waals surface area contributed by atoms with Crippen molar-refractivity contribution in [1.82, 2.24) is 4.98 Å². The Hall–Kier alpha value is -2.50. The molecule has 6 heteroatoms. The number of carboxylic acid groups (broad SMARTS) is 1. The van der Waals surface area contributed by atoms with Crippen molar-refractivity contribution in [2.75, 3.05) is 5.32 Å². The molecule has 0 aliphatic carbocycles. The molecule has 0 atom stereocenters. The number of nitrogens with one attached hydrogen (secondary N) is 1. The Morgan fingerprint density at radius 1 is 1.22 bits per heavy atom. The lowest BCUT2D eigenvalue weighted by Crippen LogP contribution is -2.01. The van der Waals surface area contributed by atoms with E-state index in [9.17, 15) is 13.6 Å². The molecular formula is C12H8F2N2O2. The van der Waals surface area contributed by atoms with Crippen LogP contribution in [0.4, 0.5) is 20.2 Å². The Bertz CT molecular complexity index is 585. The van der Waals surface area contributed by atoms with Crippen LogP contribution in [-0.2, 0) is 0 Å². The number of anilines is 2. The summed E-state index contributed by atoms with van der Waals surface area (Å²) < 4.78 is 26.3. The van der Waals surface area contributed by atoms with Gasteiger partial charge in [0.2, 0.25) is 0 Å². The van der Waals surface area contributed by atoms with E-state index in [0.717, 1.165) is 6.07 Å². The van der Waals surface area contributed by atoms with Crippen LogP contribution in [0, 0.1) is 11.6 Å². The number of rotatable bonds is 3. The first-order chi connectivity index (χ1) is 8.58. The Balaban J connectivity index is 2.24. The van der Waals surface area contributed by atoms with Gasteiger partial charge in [-0.05, 0) is 24.3 Å². The van der Waals surface area contributed by atoms with Crippen molar-refractivity contribution >= 4 is 17.3 Å². The molecule has 0 saturated heterocycles. The van der Waals surface area contributed by atoms with Gasteiger partial charge in [-0.2, -0.15) is 0 Å². The molecule has 2 rings (SSSR count). The van der Waals surface area contributed by atoms with Crippen molar-refractivity contribution in [2.24, 2.45) is 0 Å². The molecule has 0 radical (unpaired) electrons. The van der Waals surface area contributed by atoms with Crippen molar-refractivity contribution < 1.29 is 18.7 Å². The van der Waals surface area contributed by atoms with E-state index in [2.05, 4.69) is 10.3 Å². The molecule has 0 unspecified atom stereocenters. The fraction of sp³-hybridized carbons (Fsp3) is 0. The Morgan fingerprint density at radius 2 is 2.00 bits per heavy atom. The standard InChI is InChI=1S/C12H8F2N2O2/c13-8-2-1-3-9(11(8)14)16-7-4-5-10(12(17)18)15-6-7/h1-6,16H,(H,17,18). The van der Waals surface area contributed by atoms with E-state index in [0.29, 0.717) is 5.69 Å². The molecule has 2 aromatic rings. The molecule has 92 valence electrons. The average Bonchev–Trinajstić information content (AvgIpc) is 2.36. The van der Waals surface area contributed by atoms with Gasteiger partial charge in [-0.1, -0.05) is 6.07 Å². The molecule has 1 aromatic carbocycles. The van der Waals surface area contributed by atoms with Crippen molar-refractivity contribution in [3.05, 3.63) is 53.9 Å². The SMILES string of the molecule is O=C(O)c1ccc(Nc2cccc(F)c2F)cn1. The van der Waals surface area contributed by atoms with E-state index in [1.54, 1.807) is 0 Å². The smallest absolute Gasteiger partial charge is 0.354 e. The largest absolute Gasteiger partial charge is 0.477 e. The molecule has 0 bridgehead atoms. The third kappa shape index (κ3) is 2.42. The summed E-state index contributed by atoms with van der Waals surface area (Å²) in [6.07, 6.45) is 1.23. The molecular weight excluding hydrogens is 242 g/mol. The number of pyridine rings is 1. The summed E-state index contributed by atoms with van der Waals surface area (Å²) in [5.41, 5.74) is 0.199. The second kappa shape index (κ2) is 4.79. The van der Waals surface area contributed by atoms with Crippen LogP contribution < -0.4 is 5.32 Å². The highest BCUT2D eigenvalue weighted by atomic mass is 19.2. The minimum atomic E-state index is -1.15. The first-order valence-corrected chi connectivity index (χ1v) is 4.98. The van der Waals surface area contributed by atoms with Gasteiger partial charge in [0.1, 0.15) is 5.69 Å². The van der Waals surface area contributed by atoms with Crippen LogP contribution in [-0.4, -0.2) is 16.1 Å². The molecule has 1 aromatic heterocycles. The van der Waals surface area contributed by atoms with Crippen LogP contribution in [0.15, 0.2) is 36.5 Å². The number of aromatic nitrogens is 1. The maximum Gasteiger partial charge on any atom is 0.354 e. The number of nitrogens with zero attached hydrogens (tertiary/aromatic N) is 1. The van der Waals surface area contributed by atoms with E-state index >= 15 is 0 Å². The topological polar surface area (TPSA) is 62.2 Å². The van der Waals surface area contributed by atoms with Crippen LogP contribution in [0.3, 0.4) is 0 Å². The maximum absolute atomic E-state index is 13.3. The minimum Gasteiger partial charge on any atom is -0.477 e. The summed E-state index contributed by atoms with van der Waals surface area (Å²) in [4.78, 5) is 14.2. The lowest BCUT2D eigenvalue weighted by atomic mass is 10.2. The lowest BCUT2D eigenvalue weighted by molar-refractivity contribution is 0.0690. The molecule has 0 aliphatic rings. The van der Waals surface area contributed by atoms with Crippen molar-refractivity contribution in [3.63, 3.8) is 0 Å². The predicted molar refractivity (Wildman–Crippen MR) is 60.8 cm³/mol. The first-order valence-electron chi connectivity index (χ1n) is 4.98. The minimum absolute atomic E-state index is 0.0418. The number of hydrogen-bond acceptors (Lipinski definition) is 3. The van der Waals surface area contributed by atoms with Crippen molar-refractivity contribution in [3.8, 4) is 0 Å². The number of carboxylic acids is 1. The van der Waals surface area contributed by atoms with Crippen molar-refractivity contribution in [1.29, 1.82) is 0 Å². The van der Waals surface area contributed by atoms with Gasteiger partial charge in [-0.25, -0.2) is 18.6 Å². The van der Waals surface area contributed by atoms with E-state index < -0.39 is 17.6 Å². The fourth-order valence-corrected chi connectivity index (χ4v) is 1.35. The van der Waals surface area contributed by atoms with Crippen LogP contribution in [0.25, 0.3) is 0 Å². The Morgan fingerprint density at radius 3 is 2.61 bits per heavy atom. The molecule has 0 aliphatic heterocycles. The zero-order chi connectivity index (χ0) is 13.1. The molecule has 18 heavy (non-hydrogen) atoms. The van der Waals surface area contributed by atoms with Crippen LogP contribution in [0.2, 0.25) is 0 Å². The van der Waals surface area contributed by atoms with Crippen LogP contribution in [0.5, 0.6) is 0 Å². The summed E-state index contributed by atoms with van der Waals surface area (Å²) in [5, 5.41) is 11.3. The zero-order valence-corrected chi connectivity index (χ0v) is 9.02. The highest BCUT2D eigenvalue weighted by Crippen LogP contribution is 2.21. The normalized spacial score (nSPS) is 10.1. The first kappa shape index (κ1) is 12.0. The second-order valence-electron chi connectivity index (χ2n) is 3.46. The van der Waals surface area contributed by atoms with Gasteiger partial charge >= 0.3 is 5.97 Å².